The maximum Gasteiger partial charge on any atom is 0.211 e. The topological polar surface area (TPSA) is 98.0 Å². The summed E-state index contributed by atoms with van der Waals surface area (Å²) in [5, 5.41) is 12.9. The van der Waals surface area contributed by atoms with E-state index in [-0.39, 0.29) is 5.88 Å². The lowest BCUT2D eigenvalue weighted by molar-refractivity contribution is 0.456. The van der Waals surface area contributed by atoms with Gasteiger partial charge < -0.3 is 19.7 Å². The first-order chi connectivity index (χ1) is 14.6. The SMILES string of the molecule is Cc1cc(Nc2ncnc3ccc(O)nc23)ccc1Oc1ccc2c(c1)ncn2C. The molecule has 0 aliphatic heterocycles. The molecule has 0 aliphatic carbocycles. The molecular formula is C22H18N6O2. The number of ether oxygens (including phenoxy) is 1. The lowest BCUT2D eigenvalue weighted by Crippen LogP contribution is -1.98. The summed E-state index contributed by atoms with van der Waals surface area (Å²) >= 11 is 0. The molecule has 0 aliphatic rings. The van der Waals surface area contributed by atoms with Gasteiger partial charge in [0.05, 0.1) is 22.9 Å². The van der Waals surface area contributed by atoms with E-state index in [0.717, 1.165) is 33.8 Å². The molecule has 0 unspecified atom stereocenters. The average Bonchev–Trinajstić information content (AvgIpc) is 3.11. The Morgan fingerprint density at radius 3 is 2.73 bits per heavy atom. The molecule has 5 rings (SSSR count). The maximum atomic E-state index is 9.69. The van der Waals surface area contributed by atoms with Crippen LogP contribution in [0.25, 0.3) is 22.1 Å². The van der Waals surface area contributed by atoms with E-state index in [2.05, 4.69) is 25.3 Å². The third kappa shape index (κ3) is 3.24. The van der Waals surface area contributed by atoms with Crippen LogP contribution in [0.4, 0.5) is 11.5 Å². The molecule has 5 aromatic rings. The van der Waals surface area contributed by atoms with Gasteiger partial charge in [0.2, 0.25) is 5.88 Å². The molecule has 8 nitrogen and oxygen atoms in total. The van der Waals surface area contributed by atoms with Gasteiger partial charge in [-0.15, -0.1) is 0 Å². The number of aromatic nitrogens is 5. The molecule has 3 aromatic heterocycles. The molecule has 8 heteroatoms. The van der Waals surface area contributed by atoms with Crippen molar-refractivity contribution in [1.29, 1.82) is 0 Å². The van der Waals surface area contributed by atoms with Gasteiger partial charge in [-0.05, 0) is 48.9 Å². The monoisotopic (exact) mass is 398 g/mol. The van der Waals surface area contributed by atoms with Gasteiger partial charge in [-0.2, -0.15) is 0 Å². The van der Waals surface area contributed by atoms with Crippen LogP contribution in [0.15, 0.2) is 61.2 Å². The van der Waals surface area contributed by atoms with Crippen molar-refractivity contribution >= 4 is 33.6 Å². The van der Waals surface area contributed by atoms with E-state index in [1.165, 1.54) is 12.4 Å². The minimum absolute atomic E-state index is 0.0786. The number of fused-ring (bicyclic) bond motifs is 2. The minimum atomic E-state index is -0.0786. The summed E-state index contributed by atoms with van der Waals surface area (Å²) in [7, 11) is 1.96. The van der Waals surface area contributed by atoms with E-state index < -0.39 is 0 Å². The van der Waals surface area contributed by atoms with E-state index in [1.807, 2.05) is 54.9 Å². The Hall–Kier alpha value is -4.20. The van der Waals surface area contributed by atoms with Crippen molar-refractivity contribution in [2.75, 3.05) is 5.32 Å². The van der Waals surface area contributed by atoms with Crippen LogP contribution in [0.1, 0.15) is 5.56 Å². The van der Waals surface area contributed by atoms with Gasteiger partial charge in [0.25, 0.3) is 0 Å². The molecule has 30 heavy (non-hydrogen) atoms. The molecule has 0 fully saturated rings. The zero-order valence-electron chi connectivity index (χ0n) is 16.4. The molecule has 2 N–H and O–H groups in total. The number of nitrogens with one attached hydrogen (secondary N) is 1. The van der Waals surface area contributed by atoms with Crippen LogP contribution in [0.5, 0.6) is 17.4 Å². The highest BCUT2D eigenvalue weighted by Crippen LogP contribution is 2.30. The molecule has 0 amide bonds. The lowest BCUT2D eigenvalue weighted by atomic mass is 10.2. The highest BCUT2D eigenvalue weighted by molar-refractivity contribution is 5.87. The summed E-state index contributed by atoms with van der Waals surface area (Å²) in [5.74, 6) is 1.92. The van der Waals surface area contributed by atoms with Crippen molar-refractivity contribution in [3.8, 4) is 17.4 Å². The van der Waals surface area contributed by atoms with Crippen molar-refractivity contribution in [2.45, 2.75) is 6.92 Å². The summed E-state index contributed by atoms with van der Waals surface area (Å²) in [6.07, 6.45) is 3.24. The summed E-state index contributed by atoms with van der Waals surface area (Å²) < 4.78 is 8.04. The molecule has 0 atom stereocenters. The number of pyridine rings is 1. The summed E-state index contributed by atoms with van der Waals surface area (Å²) in [6, 6.07) is 14.8. The van der Waals surface area contributed by atoms with Crippen LogP contribution in [0, 0.1) is 6.92 Å². The molecule has 0 saturated heterocycles. The quantitative estimate of drug-likeness (QED) is 0.461. The van der Waals surface area contributed by atoms with Crippen LogP contribution < -0.4 is 10.1 Å². The Balaban J connectivity index is 1.41. The Kier molecular flexibility index (Phi) is 4.17. The molecule has 148 valence electrons. The number of anilines is 2. The number of aromatic hydroxyl groups is 1. The van der Waals surface area contributed by atoms with Gasteiger partial charge in [0.1, 0.15) is 23.3 Å². The molecule has 0 radical (unpaired) electrons. The third-order valence-corrected chi connectivity index (χ3v) is 4.83. The first-order valence-corrected chi connectivity index (χ1v) is 9.34. The van der Waals surface area contributed by atoms with Gasteiger partial charge in [-0.3, -0.25) is 0 Å². The number of benzene rings is 2. The standard InChI is InChI=1S/C22H18N6O2/c1-13-9-14(26-22-21-16(23-11-24-22)5-8-20(29)27-21)3-7-19(13)30-15-4-6-18-17(10-15)25-12-28(18)2/h3-12H,1-2H3,(H,27,29)(H,23,24,26). The van der Waals surface area contributed by atoms with E-state index in [9.17, 15) is 5.11 Å². The van der Waals surface area contributed by atoms with Crippen molar-refractivity contribution in [1.82, 2.24) is 24.5 Å². The fourth-order valence-electron chi connectivity index (χ4n) is 3.31. The normalized spacial score (nSPS) is 11.1. The van der Waals surface area contributed by atoms with Crippen molar-refractivity contribution in [3.05, 3.63) is 66.7 Å². The summed E-state index contributed by atoms with van der Waals surface area (Å²) in [4.78, 5) is 16.9. The van der Waals surface area contributed by atoms with E-state index >= 15 is 0 Å². The van der Waals surface area contributed by atoms with Crippen molar-refractivity contribution < 1.29 is 9.84 Å². The maximum absolute atomic E-state index is 9.69. The first-order valence-electron chi connectivity index (χ1n) is 9.34. The second-order valence-electron chi connectivity index (χ2n) is 6.97. The molecular weight excluding hydrogens is 380 g/mol. The number of aryl methyl sites for hydroxylation is 2. The number of hydrogen-bond donors (Lipinski definition) is 2. The molecule has 0 spiro atoms. The smallest absolute Gasteiger partial charge is 0.211 e. The Morgan fingerprint density at radius 1 is 0.967 bits per heavy atom. The van der Waals surface area contributed by atoms with Gasteiger partial charge in [-0.25, -0.2) is 19.9 Å². The van der Waals surface area contributed by atoms with Crippen LogP contribution in [-0.4, -0.2) is 29.6 Å². The Morgan fingerprint density at radius 2 is 1.87 bits per heavy atom. The summed E-state index contributed by atoms with van der Waals surface area (Å²) in [5.41, 5.74) is 4.86. The Labute approximate surface area is 171 Å². The Bertz CT molecular complexity index is 1400. The number of hydrogen-bond acceptors (Lipinski definition) is 7. The minimum Gasteiger partial charge on any atom is -0.493 e. The van der Waals surface area contributed by atoms with Crippen molar-refractivity contribution in [3.63, 3.8) is 0 Å². The zero-order chi connectivity index (χ0) is 20.7. The van der Waals surface area contributed by atoms with E-state index in [0.29, 0.717) is 16.9 Å². The number of nitrogens with zero attached hydrogens (tertiary/aromatic N) is 5. The average molecular weight is 398 g/mol. The highest BCUT2D eigenvalue weighted by Gasteiger charge is 2.09. The van der Waals surface area contributed by atoms with Crippen LogP contribution >= 0.6 is 0 Å². The lowest BCUT2D eigenvalue weighted by Gasteiger charge is -2.12. The second kappa shape index (κ2) is 7.00. The second-order valence-corrected chi connectivity index (χ2v) is 6.97. The number of imidazole rings is 1. The van der Waals surface area contributed by atoms with Gasteiger partial charge in [0, 0.05) is 24.9 Å². The van der Waals surface area contributed by atoms with Gasteiger partial charge >= 0.3 is 0 Å². The molecule has 2 aromatic carbocycles. The molecule has 0 bridgehead atoms. The van der Waals surface area contributed by atoms with Gasteiger partial charge in [0.15, 0.2) is 5.82 Å². The predicted molar refractivity (Wildman–Crippen MR) is 114 cm³/mol. The highest BCUT2D eigenvalue weighted by atomic mass is 16.5. The van der Waals surface area contributed by atoms with Gasteiger partial charge in [-0.1, -0.05) is 0 Å². The predicted octanol–water partition coefficient (Wildman–Crippen LogP) is 4.46. The van der Waals surface area contributed by atoms with Crippen LogP contribution in [0.2, 0.25) is 0 Å². The molecule has 3 heterocycles. The fraction of sp³-hybridized carbons (Fsp3) is 0.0909. The molecule has 0 saturated carbocycles. The van der Waals surface area contributed by atoms with E-state index in [1.54, 1.807) is 12.4 Å². The third-order valence-electron chi connectivity index (χ3n) is 4.83. The van der Waals surface area contributed by atoms with Crippen molar-refractivity contribution in [2.24, 2.45) is 7.05 Å². The fourth-order valence-corrected chi connectivity index (χ4v) is 3.31. The largest absolute Gasteiger partial charge is 0.493 e. The first kappa shape index (κ1) is 17.9. The van der Waals surface area contributed by atoms with E-state index in [4.69, 9.17) is 4.74 Å². The number of rotatable bonds is 4. The summed E-state index contributed by atoms with van der Waals surface area (Å²) in [6.45, 7) is 1.97. The van der Waals surface area contributed by atoms with Crippen LogP contribution in [0.3, 0.4) is 0 Å². The van der Waals surface area contributed by atoms with Crippen LogP contribution in [-0.2, 0) is 7.05 Å². The zero-order valence-corrected chi connectivity index (χ0v) is 16.4.